The first-order valence-electron chi connectivity index (χ1n) is 10.8. The van der Waals surface area contributed by atoms with Crippen molar-refractivity contribution >= 4 is 34.6 Å². The van der Waals surface area contributed by atoms with Gasteiger partial charge in [-0.05, 0) is 80.8 Å². The molecule has 0 radical (unpaired) electrons. The van der Waals surface area contributed by atoms with Crippen LogP contribution in [-0.4, -0.2) is 24.1 Å². The number of hydrogen-bond acceptors (Lipinski definition) is 3. The highest BCUT2D eigenvalue weighted by Gasteiger charge is 2.37. The molecule has 2 aliphatic rings. The molecule has 1 aliphatic carbocycles. The van der Waals surface area contributed by atoms with Gasteiger partial charge in [0.05, 0.1) is 17.3 Å². The van der Waals surface area contributed by atoms with Crippen molar-refractivity contribution in [3.05, 3.63) is 52.6 Å². The minimum absolute atomic E-state index is 0.00881. The SMILES string of the molecule is CCc1cccc(C)c1NC(=O)CN1C(=O)C2CCCC2=Nc2cc(C)c(C)cc21. The van der Waals surface area contributed by atoms with Crippen LogP contribution in [0.5, 0.6) is 0 Å². The van der Waals surface area contributed by atoms with E-state index in [1.807, 2.05) is 44.2 Å². The lowest BCUT2D eigenvalue weighted by Gasteiger charge is -2.25. The number of para-hydroxylation sites is 1. The van der Waals surface area contributed by atoms with Crippen molar-refractivity contribution in [3.8, 4) is 0 Å². The number of amides is 2. The standard InChI is InChI=1S/C25H29N3O2/c1-5-18-9-6-8-15(2)24(18)27-23(29)14-28-22-13-17(4)16(3)12-21(22)26-20-11-7-10-19(20)25(28)30/h6,8-9,12-13,19H,5,7,10-11,14H2,1-4H3,(H,27,29). The topological polar surface area (TPSA) is 61.8 Å². The molecule has 5 nitrogen and oxygen atoms in total. The zero-order chi connectivity index (χ0) is 21.4. The third-order valence-corrected chi connectivity index (χ3v) is 6.34. The number of benzene rings is 2. The second-order valence-electron chi connectivity index (χ2n) is 8.41. The molecule has 1 aliphatic heterocycles. The molecule has 4 rings (SSSR count). The van der Waals surface area contributed by atoms with Gasteiger partial charge in [-0.1, -0.05) is 25.1 Å². The average molecular weight is 404 g/mol. The molecule has 2 aromatic rings. The lowest BCUT2D eigenvalue weighted by Crippen LogP contribution is -2.42. The summed E-state index contributed by atoms with van der Waals surface area (Å²) < 4.78 is 0. The monoisotopic (exact) mass is 403 g/mol. The first-order valence-corrected chi connectivity index (χ1v) is 10.8. The van der Waals surface area contributed by atoms with Gasteiger partial charge in [0.25, 0.3) is 0 Å². The van der Waals surface area contributed by atoms with Crippen LogP contribution in [-0.2, 0) is 16.0 Å². The van der Waals surface area contributed by atoms with Crippen molar-refractivity contribution < 1.29 is 9.59 Å². The summed E-state index contributed by atoms with van der Waals surface area (Å²) in [4.78, 5) is 33.0. The van der Waals surface area contributed by atoms with E-state index in [2.05, 4.69) is 19.2 Å². The third-order valence-electron chi connectivity index (χ3n) is 6.34. The number of carbonyl (C=O) groups excluding carboxylic acids is 2. The maximum Gasteiger partial charge on any atom is 0.244 e. The number of rotatable bonds is 4. The summed E-state index contributed by atoms with van der Waals surface area (Å²) in [6.07, 6.45) is 3.46. The van der Waals surface area contributed by atoms with E-state index in [0.717, 1.165) is 70.7 Å². The summed E-state index contributed by atoms with van der Waals surface area (Å²) in [5.41, 5.74) is 7.69. The number of hydrogen-bond donors (Lipinski definition) is 1. The van der Waals surface area contributed by atoms with Crippen molar-refractivity contribution in [2.75, 3.05) is 16.8 Å². The molecule has 30 heavy (non-hydrogen) atoms. The van der Waals surface area contributed by atoms with Crippen LogP contribution >= 0.6 is 0 Å². The van der Waals surface area contributed by atoms with Gasteiger partial charge in [0.1, 0.15) is 6.54 Å². The van der Waals surface area contributed by atoms with E-state index in [-0.39, 0.29) is 24.3 Å². The Balaban J connectivity index is 1.68. The normalized spacial score (nSPS) is 17.9. The molecule has 5 heteroatoms. The van der Waals surface area contributed by atoms with Crippen LogP contribution < -0.4 is 10.2 Å². The molecular formula is C25H29N3O2. The summed E-state index contributed by atoms with van der Waals surface area (Å²) in [6.45, 7) is 8.13. The zero-order valence-corrected chi connectivity index (χ0v) is 18.2. The van der Waals surface area contributed by atoms with Crippen molar-refractivity contribution in [1.82, 2.24) is 0 Å². The van der Waals surface area contributed by atoms with E-state index >= 15 is 0 Å². The van der Waals surface area contributed by atoms with E-state index in [4.69, 9.17) is 4.99 Å². The van der Waals surface area contributed by atoms with Crippen LogP contribution in [0.1, 0.15) is 48.4 Å². The van der Waals surface area contributed by atoms with Crippen molar-refractivity contribution in [2.45, 2.75) is 53.4 Å². The number of nitrogens with zero attached hydrogens (tertiary/aromatic N) is 2. The Bertz CT molecular complexity index is 1050. The Hall–Kier alpha value is -2.95. The highest BCUT2D eigenvalue weighted by atomic mass is 16.2. The smallest absolute Gasteiger partial charge is 0.244 e. The first-order chi connectivity index (χ1) is 14.4. The van der Waals surface area contributed by atoms with E-state index in [1.165, 1.54) is 0 Å². The lowest BCUT2D eigenvalue weighted by molar-refractivity contribution is -0.123. The van der Waals surface area contributed by atoms with Crippen LogP contribution in [0.2, 0.25) is 0 Å². The number of aliphatic imine (C=N–C) groups is 1. The third kappa shape index (κ3) is 3.64. The van der Waals surface area contributed by atoms with E-state index in [9.17, 15) is 9.59 Å². The molecule has 1 fully saturated rings. The Kier molecular flexibility index (Phi) is 5.46. The number of anilines is 2. The fraction of sp³-hybridized carbons (Fsp3) is 0.400. The summed E-state index contributed by atoms with van der Waals surface area (Å²) in [5.74, 6) is -0.405. The van der Waals surface area contributed by atoms with Crippen LogP contribution in [0.3, 0.4) is 0 Å². The molecule has 1 heterocycles. The maximum absolute atomic E-state index is 13.4. The molecule has 2 amide bonds. The van der Waals surface area contributed by atoms with Crippen molar-refractivity contribution in [3.63, 3.8) is 0 Å². The Morgan fingerprint density at radius 2 is 1.93 bits per heavy atom. The lowest BCUT2D eigenvalue weighted by atomic mass is 10.0. The highest BCUT2D eigenvalue weighted by Crippen LogP contribution is 2.39. The number of carbonyl (C=O) groups is 2. The summed E-state index contributed by atoms with van der Waals surface area (Å²) >= 11 is 0. The highest BCUT2D eigenvalue weighted by molar-refractivity contribution is 6.17. The Labute approximate surface area is 178 Å². The molecule has 1 unspecified atom stereocenters. The van der Waals surface area contributed by atoms with Crippen LogP contribution in [0.4, 0.5) is 17.1 Å². The van der Waals surface area contributed by atoms with E-state index in [1.54, 1.807) is 4.90 Å². The quantitative estimate of drug-likeness (QED) is 0.778. The van der Waals surface area contributed by atoms with Crippen molar-refractivity contribution in [2.24, 2.45) is 10.9 Å². The summed E-state index contributed by atoms with van der Waals surface area (Å²) in [6, 6.07) is 10.0. The predicted molar refractivity (Wildman–Crippen MR) is 122 cm³/mol. The van der Waals surface area contributed by atoms with Gasteiger partial charge in [-0.2, -0.15) is 0 Å². The van der Waals surface area contributed by atoms with E-state index in [0.29, 0.717) is 0 Å². The Morgan fingerprint density at radius 3 is 2.70 bits per heavy atom. The maximum atomic E-state index is 13.4. The predicted octanol–water partition coefficient (Wildman–Crippen LogP) is 5.03. The van der Waals surface area contributed by atoms with Crippen LogP contribution in [0.15, 0.2) is 35.3 Å². The minimum Gasteiger partial charge on any atom is -0.324 e. The van der Waals surface area contributed by atoms with Gasteiger partial charge >= 0.3 is 0 Å². The second-order valence-corrected chi connectivity index (χ2v) is 8.41. The molecule has 0 bridgehead atoms. The molecule has 2 aromatic carbocycles. The zero-order valence-electron chi connectivity index (χ0n) is 18.2. The van der Waals surface area contributed by atoms with E-state index < -0.39 is 0 Å². The average Bonchev–Trinajstić information content (AvgIpc) is 3.14. The van der Waals surface area contributed by atoms with Crippen LogP contribution in [0, 0.1) is 26.7 Å². The minimum atomic E-state index is -0.213. The van der Waals surface area contributed by atoms with Gasteiger partial charge < -0.3 is 10.2 Å². The van der Waals surface area contributed by atoms with Crippen molar-refractivity contribution in [1.29, 1.82) is 0 Å². The summed E-state index contributed by atoms with van der Waals surface area (Å²) in [5, 5.41) is 3.06. The van der Waals surface area contributed by atoms with Gasteiger partial charge in [0, 0.05) is 11.4 Å². The molecule has 156 valence electrons. The number of nitrogens with one attached hydrogen (secondary N) is 1. The summed E-state index contributed by atoms with van der Waals surface area (Å²) in [7, 11) is 0. The largest absolute Gasteiger partial charge is 0.324 e. The van der Waals surface area contributed by atoms with Gasteiger partial charge in [0.15, 0.2) is 0 Å². The molecule has 0 aromatic heterocycles. The van der Waals surface area contributed by atoms with Gasteiger partial charge in [0.2, 0.25) is 11.8 Å². The molecule has 1 saturated carbocycles. The fourth-order valence-electron chi connectivity index (χ4n) is 4.47. The molecule has 0 saturated heterocycles. The Morgan fingerprint density at radius 1 is 1.17 bits per heavy atom. The van der Waals surface area contributed by atoms with Gasteiger partial charge in [-0.25, -0.2) is 0 Å². The molecule has 0 spiro atoms. The fourth-order valence-corrected chi connectivity index (χ4v) is 4.47. The molecular weight excluding hydrogens is 374 g/mol. The molecule has 1 N–H and O–H groups in total. The van der Waals surface area contributed by atoms with Gasteiger partial charge in [-0.15, -0.1) is 0 Å². The van der Waals surface area contributed by atoms with Crippen LogP contribution in [0.25, 0.3) is 0 Å². The number of aryl methyl sites for hydroxylation is 4. The molecule has 1 atom stereocenters. The number of fused-ring (bicyclic) bond motifs is 2. The second kappa shape index (κ2) is 8.05. The first kappa shape index (κ1) is 20.3. The van der Waals surface area contributed by atoms with Gasteiger partial charge in [-0.3, -0.25) is 14.6 Å².